The summed E-state index contributed by atoms with van der Waals surface area (Å²) < 4.78 is 5.27. The Bertz CT molecular complexity index is 444. The van der Waals surface area contributed by atoms with Crippen molar-refractivity contribution in [1.29, 1.82) is 0 Å². The molecule has 0 heterocycles. The minimum Gasteiger partial charge on any atom is -0.399 e. The van der Waals surface area contributed by atoms with Gasteiger partial charge in [0.15, 0.2) is 0 Å². The van der Waals surface area contributed by atoms with Gasteiger partial charge in [0.25, 0.3) is 5.91 Å². The smallest absolute Gasteiger partial charge is 0.253 e. The number of rotatable bonds is 6. The van der Waals surface area contributed by atoms with Crippen LogP contribution in [-0.4, -0.2) is 25.7 Å². The molecule has 0 bridgehead atoms. The Hall–Kier alpha value is -2.01. The van der Waals surface area contributed by atoms with Crippen LogP contribution in [0.2, 0.25) is 0 Å². The van der Waals surface area contributed by atoms with E-state index >= 15 is 0 Å². The standard InChI is InChI=1S/C13H19N3O2/c1-9(2)8-18-6-5-16-13(17)11-4-3-10(14)7-12(11)15/h3-4,7H,1,5-6,8,14-15H2,2H3,(H,16,17). The molecule has 0 aliphatic heterocycles. The molecule has 0 radical (unpaired) electrons. The number of hydrogen-bond acceptors (Lipinski definition) is 4. The van der Waals surface area contributed by atoms with E-state index < -0.39 is 0 Å². The highest BCUT2D eigenvalue weighted by Gasteiger charge is 2.08. The number of hydrogen-bond donors (Lipinski definition) is 3. The molecule has 0 spiro atoms. The number of amides is 1. The third kappa shape index (κ3) is 4.47. The van der Waals surface area contributed by atoms with Gasteiger partial charge in [0.2, 0.25) is 0 Å². The largest absolute Gasteiger partial charge is 0.399 e. The van der Waals surface area contributed by atoms with E-state index in [0.717, 1.165) is 5.57 Å². The Morgan fingerprint density at radius 1 is 1.44 bits per heavy atom. The van der Waals surface area contributed by atoms with Crippen LogP contribution in [0.3, 0.4) is 0 Å². The molecule has 0 aromatic heterocycles. The lowest BCUT2D eigenvalue weighted by Gasteiger charge is -2.08. The van der Waals surface area contributed by atoms with Crippen molar-refractivity contribution in [2.24, 2.45) is 0 Å². The molecule has 18 heavy (non-hydrogen) atoms. The highest BCUT2D eigenvalue weighted by atomic mass is 16.5. The lowest BCUT2D eigenvalue weighted by atomic mass is 10.1. The van der Waals surface area contributed by atoms with Gasteiger partial charge in [-0.1, -0.05) is 12.2 Å². The van der Waals surface area contributed by atoms with E-state index in [0.29, 0.717) is 36.7 Å². The quantitative estimate of drug-likeness (QED) is 0.401. The number of benzene rings is 1. The van der Waals surface area contributed by atoms with Crippen molar-refractivity contribution in [1.82, 2.24) is 5.32 Å². The van der Waals surface area contributed by atoms with Crippen LogP contribution in [0.1, 0.15) is 17.3 Å². The van der Waals surface area contributed by atoms with Crippen molar-refractivity contribution in [2.45, 2.75) is 6.92 Å². The van der Waals surface area contributed by atoms with E-state index in [9.17, 15) is 4.79 Å². The molecule has 0 saturated heterocycles. The van der Waals surface area contributed by atoms with Gasteiger partial charge in [-0.25, -0.2) is 0 Å². The molecule has 5 nitrogen and oxygen atoms in total. The SMILES string of the molecule is C=C(C)COCCNC(=O)c1ccc(N)cc1N. The molecule has 0 saturated carbocycles. The molecule has 1 rings (SSSR count). The fraction of sp³-hybridized carbons (Fsp3) is 0.308. The zero-order valence-corrected chi connectivity index (χ0v) is 10.5. The van der Waals surface area contributed by atoms with Crippen LogP contribution in [-0.2, 0) is 4.74 Å². The van der Waals surface area contributed by atoms with E-state index in [2.05, 4.69) is 11.9 Å². The Labute approximate surface area is 107 Å². The van der Waals surface area contributed by atoms with E-state index in [1.165, 1.54) is 0 Å². The number of carbonyl (C=O) groups is 1. The predicted molar refractivity (Wildman–Crippen MR) is 73.2 cm³/mol. The normalized spacial score (nSPS) is 10.1. The number of ether oxygens (including phenoxy) is 1. The van der Waals surface area contributed by atoms with Crippen LogP contribution < -0.4 is 16.8 Å². The summed E-state index contributed by atoms with van der Waals surface area (Å²) in [4.78, 5) is 11.8. The van der Waals surface area contributed by atoms with Gasteiger partial charge < -0.3 is 21.5 Å². The average Bonchev–Trinajstić information content (AvgIpc) is 2.27. The van der Waals surface area contributed by atoms with Gasteiger partial charge >= 0.3 is 0 Å². The van der Waals surface area contributed by atoms with Crippen molar-refractivity contribution in [2.75, 3.05) is 31.2 Å². The second kappa shape index (κ2) is 6.66. The van der Waals surface area contributed by atoms with Gasteiger partial charge in [0.1, 0.15) is 0 Å². The minimum absolute atomic E-state index is 0.230. The van der Waals surface area contributed by atoms with E-state index in [-0.39, 0.29) is 5.91 Å². The zero-order valence-electron chi connectivity index (χ0n) is 10.5. The number of carbonyl (C=O) groups excluding carboxylic acids is 1. The monoisotopic (exact) mass is 249 g/mol. The third-order valence-electron chi connectivity index (χ3n) is 2.20. The lowest BCUT2D eigenvalue weighted by molar-refractivity contribution is 0.0927. The van der Waals surface area contributed by atoms with Gasteiger partial charge in [-0.3, -0.25) is 4.79 Å². The summed E-state index contributed by atoms with van der Waals surface area (Å²) in [5.41, 5.74) is 13.5. The fourth-order valence-corrected chi connectivity index (χ4v) is 1.37. The molecule has 1 aromatic rings. The van der Waals surface area contributed by atoms with Gasteiger partial charge in [-0.2, -0.15) is 0 Å². The van der Waals surface area contributed by atoms with Crippen LogP contribution in [0.4, 0.5) is 11.4 Å². The summed E-state index contributed by atoms with van der Waals surface area (Å²) in [5, 5.41) is 2.72. The van der Waals surface area contributed by atoms with Gasteiger partial charge in [-0.05, 0) is 25.1 Å². The Morgan fingerprint density at radius 2 is 2.17 bits per heavy atom. The highest BCUT2D eigenvalue weighted by molar-refractivity contribution is 5.99. The Morgan fingerprint density at radius 3 is 2.78 bits per heavy atom. The molecule has 5 heteroatoms. The first-order valence-electron chi connectivity index (χ1n) is 5.66. The Kier molecular flexibility index (Phi) is 5.20. The maximum absolute atomic E-state index is 11.8. The predicted octanol–water partition coefficient (Wildman–Crippen LogP) is 1.17. The second-order valence-corrected chi connectivity index (χ2v) is 4.11. The molecular formula is C13H19N3O2. The number of nitrogens with two attached hydrogens (primary N) is 2. The maximum atomic E-state index is 11.8. The topological polar surface area (TPSA) is 90.4 Å². The van der Waals surface area contributed by atoms with Crippen molar-refractivity contribution in [3.63, 3.8) is 0 Å². The summed E-state index contributed by atoms with van der Waals surface area (Å²) in [7, 11) is 0. The van der Waals surface area contributed by atoms with Crippen molar-refractivity contribution >= 4 is 17.3 Å². The van der Waals surface area contributed by atoms with E-state index in [1.807, 2.05) is 6.92 Å². The van der Waals surface area contributed by atoms with E-state index in [4.69, 9.17) is 16.2 Å². The first-order valence-corrected chi connectivity index (χ1v) is 5.66. The first-order chi connectivity index (χ1) is 8.50. The molecule has 5 N–H and O–H groups in total. The fourth-order valence-electron chi connectivity index (χ4n) is 1.37. The minimum atomic E-state index is -0.230. The molecule has 0 aliphatic rings. The number of nitrogen functional groups attached to an aromatic ring is 2. The number of anilines is 2. The van der Waals surface area contributed by atoms with Gasteiger partial charge in [-0.15, -0.1) is 0 Å². The maximum Gasteiger partial charge on any atom is 0.253 e. The first kappa shape index (κ1) is 14.1. The van der Waals surface area contributed by atoms with Crippen LogP contribution in [0.25, 0.3) is 0 Å². The molecule has 98 valence electrons. The van der Waals surface area contributed by atoms with Crippen molar-refractivity contribution in [3.05, 3.63) is 35.9 Å². The number of nitrogens with one attached hydrogen (secondary N) is 1. The lowest BCUT2D eigenvalue weighted by Crippen LogP contribution is -2.28. The summed E-state index contributed by atoms with van der Waals surface area (Å²) in [6.45, 7) is 6.96. The van der Waals surface area contributed by atoms with E-state index in [1.54, 1.807) is 18.2 Å². The summed E-state index contributed by atoms with van der Waals surface area (Å²) >= 11 is 0. The average molecular weight is 249 g/mol. The second-order valence-electron chi connectivity index (χ2n) is 4.11. The van der Waals surface area contributed by atoms with Crippen LogP contribution in [0.15, 0.2) is 30.4 Å². The van der Waals surface area contributed by atoms with Gasteiger partial charge in [0.05, 0.1) is 18.8 Å². The van der Waals surface area contributed by atoms with Crippen molar-refractivity contribution < 1.29 is 9.53 Å². The molecular weight excluding hydrogens is 230 g/mol. The Balaban J connectivity index is 2.39. The van der Waals surface area contributed by atoms with Crippen LogP contribution >= 0.6 is 0 Å². The molecule has 0 fully saturated rings. The summed E-state index contributed by atoms with van der Waals surface area (Å²) in [5.74, 6) is -0.230. The third-order valence-corrected chi connectivity index (χ3v) is 2.20. The molecule has 1 aromatic carbocycles. The zero-order chi connectivity index (χ0) is 13.5. The summed E-state index contributed by atoms with van der Waals surface area (Å²) in [6.07, 6.45) is 0. The molecule has 0 unspecified atom stereocenters. The molecule has 0 atom stereocenters. The van der Waals surface area contributed by atoms with Crippen LogP contribution in [0, 0.1) is 0 Å². The molecule has 0 aliphatic carbocycles. The summed E-state index contributed by atoms with van der Waals surface area (Å²) in [6, 6.07) is 4.81. The highest BCUT2D eigenvalue weighted by Crippen LogP contribution is 2.15. The molecule has 1 amide bonds. The van der Waals surface area contributed by atoms with Crippen LogP contribution in [0.5, 0.6) is 0 Å². The van der Waals surface area contributed by atoms with Gasteiger partial charge in [0, 0.05) is 17.9 Å². The van der Waals surface area contributed by atoms with Crippen molar-refractivity contribution in [3.8, 4) is 0 Å².